The lowest BCUT2D eigenvalue weighted by atomic mass is 10.1. The van der Waals surface area contributed by atoms with Gasteiger partial charge in [-0.2, -0.15) is 10.2 Å². The van der Waals surface area contributed by atoms with Crippen molar-refractivity contribution in [1.29, 1.82) is 0 Å². The first kappa shape index (κ1) is 14.4. The largest absolute Gasteiger partial charge is 0.477 e. The Morgan fingerprint density at radius 2 is 2.05 bits per heavy atom. The number of rotatable bonds is 6. The predicted octanol–water partition coefficient (Wildman–Crippen LogP) is 2.56. The van der Waals surface area contributed by atoms with Gasteiger partial charge in [0.05, 0.1) is 18.1 Å². The number of nitrogens with one attached hydrogen (secondary N) is 1. The molecule has 0 amide bonds. The first-order valence-corrected chi connectivity index (χ1v) is 7.33. The Morgan fingerprint density at radius 3 is 2.95 bits per heavy atom. The number of hydrogen-bond donors (Lipinski definition) is 1. The standard InChI is InChI=1S/C17H18N4O/c1-2-18-12-22-15-7-13(9-19-11-15)8-17-16-6-4-3-5-14(16)10-20-21-17/h3-7,9-11,18H,2,8,12H2,1H3. The molecule has 3 aromatic rings. The third-order valence-corrected chi connectivity index (χ3v) is 3.38. The van der Waals surface area contributed by atoms with Crippen LogP contribution in [0.5, 0.6) is 5.75 Å². The van der Waals surface area contributed by atoms with Gasteiger partial charge in [-0.25, -0.2) is 0 Å². The molecular formula is C17H18N4O. The van der Waals surface area contributed by atoms with E-state index in [2.05, 4.69) is 26.6 Å². The maximum atomic E-state index is 5.60. The molecule has 2 heterocycles. The molecule has 0 aliphatic heterocycles. The average molecular weight is 294 g/mol. The van der Waals surface area contributed by atoms with Gasteiger partial charge in [-0.15, -0.1) is 0 Å². The Morgan fingerprint density at radius 1 is 1.14 bits per heavy atom. The fourth-order valence-corrected chi connectivity index (χ4v) is 2.29. The molecule has 0 spiro atoms. The molecule has 0 unspecified atom stereocenters. The van der Waals surface area contributed by atoms with Gasteiger partial charge in [-0.1, -0.05) is 31.2 Å². The van der Waals surface area contributed by atoms with E-state index in [1.54, 1.807) is 12.4 Å². The van der Waals surface area contributed by atoms with Crippen molar-refractivity contribution in [2.24, 2.45) is 0 Å². The van der Waals surface area contributed by atoms with E-state index < -0.39 is 0 Å². The maximum absolute atomic E-state index is 5.60. The van der Waals surface area contributed by atoms with Crippen molar-refractivity contribution in [2.75, 3.05) is 13.3 Å². The molecular weight excluding hydrogens is 276 g/mol. The molecule has 5 nitrogen and oxygen atoms in total. The lowest BCUT2D eigenvalue weighted by molar-refractivity contribution is 0.286. The predicted molar refractivity (Wildman–Crippen MR) is 85.8 cm³/mol. The molecule has 112 valence electrons. The third-order valence-electron chi connectivity index (χ3n) is 3.38. The topological polar surface area (TPSA) is 59.9 Å². The summed E-state index contributed by atoms with van der Waals surface area (Å²) in [6.45, 7) is 3.39. The van der Waals surface area contributed by atoms with Crippen LogP contribution in [0.3, 0.4) is 0 Å². The molecule has 0 bridgehead atoms. The molecule has 5 heteroatoms. The second-order valence-electron chi connectivity index (χ2n) is 4.98. The summed E-state index contributed by atoms with van der Waals surface area (Å²) < 4.78 is 5.60. The highest BCUT2D eigenvalue weighted by Crippen LogP contribution is 2.19. The van der Waals surface area contributed by atoms with Crippen LogP contribution in [0.1, 0.15) is 18.2 Å². The van der Waals surface area contributed by atoms with Crippen molar-refractivity contribution >= 4 is 10.8 Å². The van der Waals surface area contributed by atoms with Gasteiger partial charge in [-0.3, -0.25) is 10.3 Å². The Bertz CT molecular complexity index is 755. The van der Waals surface area contributed by atoms with Gasteiger partial charge in [0.1, 0.15) is 12.5 Å². The number of benzene rings is 1. The first-order valence-electron chi connectivity index (χ1n) is 7.33. The van der Waals surface area contributed by atoms with E-state index in [0.29, 0.717) is 13.2 Å². The molecule has 0 saturated heterocycles. The van der Waals surface area contributed by atoms with E-state index >= 15 is 0 Å². The molecule has 0 aliphatic rings. The fourth-order valence-electron chi connectivity index (χ4n) is 2.29. The monoisotopic (exact) mass is 294 g/mol. The van der Waals surface area contributed by atoms with Crippen molar-refractivity contribution in [2.45, 2.75) is 13.3 Å². The second-order valence-corrected chi connectivity index (χ2v) is 4.98. The van der Waals surface area contributed by atoms with Crippen molar-refractivity contribution in [1.82, 2.24) is 20.5 Å². The molecule has 3 rings (SSSR count). The number of nitrogens with zero attached hydrogens (tertiary/aromatic N) is 3. The van der Waals surface area contributed by atoms with E-state index in [4.69, 9.17) is 4.74 Å². The lowest BCUT2D eigenvalue weighted by Gasteiger charge is -2.08. The minimum absolute atomic E-state index is 0.482. The second kappa shape index (κ2) is 6.95. The highest BCUT2D eigenvalue weighted by atomic mass is 16.5. The summed E-state index contributed by atoms with van der Waals surface area (Å²) in [5.41, 5.74) is 2.00. The molecule has 1 aromatic carbocycles. The van der Waals surface area contributed by atoms with E-state index in [1.165, 1.54) is 0 Å². The molecule has 22 heavy (non-hydrogen) atoms. The number of fused-ring (bicyclic) bond motifs is 1. The summed E-state index contributed by atoms with van der Waals surface area (Å²) >= 11 is 0. The normalized spacial score (nSPS) is 10.8. The van der Waals surface area contributed by atoms with Gasteiger partial charge in [-0.05, 0) is 18.2 Å². The van der Waals surface area contributed by atoms with Gasteiger partial charge in [0.2, 0.25) is 0 Å². The summed E-state index contributed by atoms with van der Waals surface area (Å²) in [4.78, 5) is 4.24. The summed E-state index contributed by atoms with van der Waals surface area (Å²) in [6, 6.07) is 10.1. The fraction of sp³-hybridized carbons (Fsp3) is 0.235. The Balaban J connectivity index is 1.81. The zero-order chi connectivity index (χ0) is 15.2. The summed E-state index contributed by atoms with van der Waals surface area (Å²) in [5, 5.41) is 13.7. The van der Waals surface area contributed by atoms with Crippen molar-refractivity contribution < 1.29 is 4.74 Å². The summed E-state index contributed by atoms with van der Waals surface area (Å²) in [6.07, 6.45) is 6.02. The van der Waals surface area contributed by atoms with Crippen LogP contribution in [-0.4, -0.2) is 28.5 Å². The number of pyridine rings is 1. The zero-order valence-corrected chi connectivity index (χ0v) is 12.5. The molecule has 1 N–H and O–H groups in total. The Kier molecular flexibility index (Phi) is 4.56. The van der Waals surface area contributed by atoms with Crippen molar-refractivity contribution in [3.05, 3.63) is 60.2 Å². The van der Waals surface area contributed by atoms with Gasteiger partial charge in [0.15, 0.2) is 0 Å². The van der Waals surface area contributed by atoms with Crippen molar-refractivity contribution in [3.8, 4) is 5.75 Å². The Labute approximate surface area is 129 Å². The highest BCUT2D eigenvalue weighted by Gasteiger charge is 2.06. The minimum Gasteiger partial charge on any atom is -0.477 e. The van der Waals surface area contributed by atoms with Gasteiger partial charge < -0.3 is 4.74 Å². The molecule has 0 saturated carbocycles. The van der Waals surface area contributed by atoms with Crippen LogP contribution in [-0.2, 0) is 6.42 Å². The molecule has 0 atom stereocenters. The molecule has 0 aliphatic carbocycles. The SMILES string of the molecule is CCNCOc1cncc(Cc2nncc3ccccc23)c1. The van der Waals surface area contributed by atoms with Crippen LogP contribution in [0, 0.1) is 0 Å². The smallest absolute Gasteiger partial charge is 0.139 e. The lowest BCUT2D eigenvalue weighted by Crippen LogP contribution is -2.19. The molecule has 0 fully saturated rings. The molecule has 0 radical (unpaired) electrons. The van der Waals surface area contributed by atoms with Crippen LogP contribution in [0.4, 0.5) is 0 Å². The van der Waals surface area contributed by atoms with Crippen LogP contribution in [0.25, 0.3) is 10.8 Å². The average Bonchev–Trinajstić information content (AvgIpc) is 2.56. The van der Waals surface area contributed by atoms with E-state index in [-0.39, 0.29) is 0 Å². The van der Waals surface area contributed by atoms with Crippen molar-refractivity contribution in [3.63, 3.8) is 0 Å². The summed E-state index contributed by atoms with van der Waals surface area (Å²) in [5.74, 6) is 0.756. The highest BCUT2D eigenvalue weighted by molar-refractivity contribution is 5.83. The van der Waals surface area contributed by atoms with Crippen LogP contribution < -0.4 is 10.1 Å². The van der Waals surface area contributed by atoms with Crippen LogP contribution in [0.2, 0.25) is 0 Å². The van der Waals surface area contributed by atoms with Crippen LogP contribution >= 0.6 is 0 Å². The molecule has 2 aromatic heterocycles. The minimum atomic E-state index is 0.482. The first-order chi connectivity index (χ1) is 10.9. The third kappa shape index (κ3) is 3.38. The zero-order valence-electron chi connectivity index (χ0n) is 12.5. The quantitative estimate of drug-likeness (QED) is 0.559. The van der Waals surface area contributed by atoms with E-state index in [9.17, 15) is 0 Å². The van der Waals surface area contributed by atoms with Gasteiger partial charge >= 0.3 is 0 Å². The summed E-state index contributed by atoms with van der Waals surface area (Å²) in [7, 11) is 0. The number of hydrogen-bond acceptors (Lipinski definition) is 5. The van der Waals surface area contributed by atoms with Gasteiger partial charge in [0.25, 0.3) is 0 Å². The number of ether oxygens (including phenoxy) is 1. The maximum Gasteiger partial charge on any atom is 0.139 e. The van der Waals surface area contributed by atoms with E-state index in [1.807, 2.05) is 37.4 Å². The van der Waals surface area contributed by atoms with Crippen LogP contribution in [0.15, 0.2) is 48.9 Å². The number of aromatic nitrogens is 3. The Hall–Kier alpha value is -2.53. The van der Waals surface area contributed by atoms with Gasteiger partial charge in [0, 0.05) is 23.4 Å². The van der Waals surface area contributed by atoms with E-state index in [0.717, 1.165) is 34.3 Å².